The van der Waals surface area contributed by atoms with E-state index in [9.17, 15) is 14.0 Å². The van der Waals surface area contributed by atoms with E-state index >= 15 is 0 Å². The second-order valence-electron chi connectivity index (χ2n) is 4.95. The van der Waals surface area contributed by atoms with Crippen molar-refractivity contribution >= 4 is 17.8 Å². The summed E-state index contributed by atoms with van der Waals surface area (Å²) in [7, 11) is 1.60. The van der Waals surface area contributed by atoms with Crippen LogP contribution in [0.2, 0.25) is 0 Å². The Morgan fingerprint density at radius 2 is 1.96 bits per heavy atom. The molecule has 3 amide bonds. The third-order valence-corrected chi connectivity index (χ3v) is 3.21. The van der Waals surface area contributed by atoms with E-state index in [-0.39, 0.29) is 11.5 Å². The van der Waals surface area contributed by atoms with Crippen LogP contribution in [0.25, 0.3) is 11.3 Å². The van der Waals surface area contributed by atoms with Gasteiger partial charge in [0.2, 0.25) is 0 Å². The third-order valence-electron chi connectivity index (χ3n) is 3.21. The van der Waals surface area contributed by atoms with Gasteiger partial charge in [0.15, 0.2) is 5.82 Å². The first kappa shape index (κ1) is 16.1. The van der Waals surface area contributed by atoms with Crippen molar-refractivity contribution in [1.82, 2.24) is 36.0 Å². The van der Waals surface area contributed by atoms with Crippen molar-refractivity contribution in [2.75, 3.05) is 5.32 Å². The largest absolute Gasteiger partial charge is 0.339 e. The topological polar surface area (TPSA) is 130 Å². The number of halogens is 1. The van der Waals surface area contributed by atoms with E-state index in [2.05, 4.69) is 36.7 Å². The lowest BCUT2D eigenvalue weighted by Gasteiger charge is -2.07. The van der Waals surface area contributed by atoms with Gasteiger partial charge >= 0.3 is 6.03 Å². The minimum absolute atomic E-state index is 0.127. The zero-order valence-corrected chi connectivity index (χ0v) is 12.9. The van der Waals surface area contributed by atoms with Crippen molar-refractivity contribution in [3.05, 3.63) is 48.0 Å². The zero-order valence-electron chi connectivity index (χ0n) is 12.9. The minimum Gasteiger partial charge on any atom is -0.290 e. The number of hydrogen-bond acceptors (Lipinski definition) is 5. The smallest absolute Gasteiger partial charge is 0.290 e. The number of carbonyl (C=O) groups is 2. The summed E-state index contributed by atoms with van der Waals surface area (Å²) in [6.45, 7) is 0. The molecule has 11 heteroatoms. The predicted molar refractivity (Wildman–Crippen MR) is 84.6 cm³/mol. The van der Waals surface area contributed by atoms with E-state index in [1.54, 1.807) is 19.2 Å². The van der Waals surface area contributed by atoms with Crippen LogP contribution in [0.15, 0.2) is 36.5 Å². The van der Waals surface area contributed by atoms with Crippen LogP contribution in [0.4, 0.5) is 15.0 Å². The van der Waals surface area contributed by atoms with Gasteiger partial charge in [0.1, 0.15) is 11.5 Å². The molecule has 1 aromatic carbocycles. The van der Waals surface area contributed by atoms with Gasteiger partial charge in [-0.3, -0.25) is 20.6 Å². The van der Waals surface area contributed by atoms with E-state index in [4.69, 9.17) is 0 Å². The van der Waals surface area contributed by atoms with E-state index in [0.717, 1.165) is 0 Å². The fourth-order valence-corrected chi connectivity index (χ4v) is 1.94. The fourth-order valence-electron chi connectivity index (χ4n) is 1.94. The summed E-state index contributed by atoms with van der Waals surface area (Å²) >= 11 is 0. The van der Waals surface area contributed by atoms with Gasteiger partial charge in [-0.05, 0) is 30.3 Å². The molecule has 0 aliphatic heterocycles. The number of aromatic nitrogens is 5. The van der Waals surface area contributed by atoms with Crippen LogP contribution >= 0.6 is 0 Å². The van der Waals surface area contributed by atoms with Crippen molar-refractivity contribution < 1.29 is 14.0 Å². The maximum atomic E-state index is 12.9. The second kappa shape index (κ2) is 6.78. The van der Waals surface area contributed by atoms with Crippen molar-refractivity contribution in [2.45, 2.75) is 0 Å². The normalized spacial score (nSPS) is 10.3. The number of urea groups is 1. The van der Waals surface area contributed by atoms with Crippen molar-refractivity contribution in [2.24, 2.45) is 7.05 Å². The molecule has 0 unspecified atom stereocenters. The summed E-state index contributed by atoms with van der Waals surface area (Å²) in [6.07, 6.45) is 1.35. The Kier molecular flexibility index (Phi) is 4.37. The molecule has 0 radical (unpaired) electrons. The molecule has 0 aliphatic rings. The highest BCUT2D eigenvalue weighted by Crippen LogP contribution is 2.17. The molecule has 0 spiro atoms. The molecule has 0 bridgehead atoms. The molecule has 10 nitrogen and oxygen atoms in total. The molecule has 2 aromatic heterocycles. The number of nitrogens with one attached hydrogen (secondary N) is 4. The number of aryl methyl sites for hydroxylation is 1. The zero-order chi connectivity index (χ0) is 17.8. The van der Waals surface area contributed by atoms with Gasteiger partial charge < -0.3 is 0 Å². The predicted octanol–water partition coefficient (Wildman–Crippen LogP) is 0.811. The second-order valence-corrected chi connectivity index (χ2v) is 4.95. The Balaban J connectivity index is 1.57. The highest BCUT2D eigenvalue weighted by Gasteiger charge is 2.12. The van der Waals surface area contributed by atoms with E-state index in [1.807, 2.05) is 0 Å². The standard InChI is InChI=1S/C14H13FN8O2/c1-23-12(7-16-22-23)17-14(25)21-20-13(24)11-6-10(18-19-11)8-2-4-9(15)5-3-8/h2-7H,1H3,(H,18,19)(H,20,24)(H2,17,21,25). The number of aromatic amines is 1. The van der Waals surface area contributed by atoms with Gasteiger partial charge in [-0.2, -0.15) is 5.10 Å². The Morgan fingerprint density at radius 1 is 1.20 bits per heavy atom. The number of anilines is 1. The fraction of sp³-hybridized carbons (Fsp3) is 0.0714. The van der Waals surface area contributed by atoms with Crippen LogP contribution in [0, 0.1) is 5.82 Å². The van der Waals surface area contributed by atoms with Gasteiger partial charge in [-0.25, -0.2) is 19.3 Å². The quantitative estimate of drug-likeness (QED) is 0.523. The summed E-state index contributed by atoms with van der Waals surface area (Å²) in [4.78, 5) is 23.7. The van der Waals surface area contributed by atoms with E-state index in [0.29, 0.717) is 17.1 Å². The monoisotopic (exact) mass is 344 g/mol. The molecule has 3 rings (SSSR count). The first-order valence-corrected chi connectivity index (χ1v) is 7.06. The van der Waals surface area contributed by atoms with Crippen molar-refractivity contribution in [1.29, 1.82) is 0 Å². The molecule has 0 saturated carbocycles. The highest BCUT2D eigenvalue weighted by molar-refractivity contribution is 5.96. The first-order valence-electron chi connectivity index (χ1n) is 7.06. The summed E-state index contributed by atoms with van der Waals surface area (Å²) in [5.41, 5.74) is 5.65. The molecule has 0 aliphatic carbocycles. The summed E-state index contributed by atoms with van der Waals surface area (Å²) in [6, 6.07) is 6.48. The minimum atomic E-state index is -0.669. The van der Waals surface area contributed by atoms with Crippen LogP contribution in [0.1, 0.15) is 10.5 Å². The van der Waals surface area contributed by atoms with Gasteiger partial charge in [-0.15, -0.1) is 5.10 Å². The van der Waals surface area contributed by atoms with Crippen LogP contribution in [0.3, 0.4) is 0 Å². The van der Waals surface area contributed by atoms with E-state index in [1.165, 1.54) is 29.1 Å². The number of carbonyl (C=O) groups excluding carboxylic acids is 2. The lowest BCUT2D eigenvalue weighted by molar-refractivity contribution is 0.0933. The number of nitrogens with zero attached hydrogens (tertiary/aromatic N) is 4. The number of hydrazine groups is 1. The van der Waals surface area contributed by atoms with Crippen molar-refractivity contribution in [3.8, 4) is 11.3 Å². The molecule has 0 fully saturated rings. The number of H-pyrrole nitrogens is 1. The Labute approximate surface area is 140 Å². The Bertz CT molecular complexity index is 902. The number of benzene rings is 1. The molecule has 0 atom stereocenters. The van der Waals surface area contributed by atoms with Gasteiger partial charge in [0.05, 0.1) is 11.9 Å². The van der Waals surface area contributed by atoms with Crippen LogP contribution in [-0.2, 0) is 7.05 Å². The molecule has 25 heavy (non-hydrogen) atoms. The number of hydrogen-bond donors (Lipinski definition) is 4. The molecular formula is C14H13FN8O2. The molecule has 128 valence electrons. The lowest BCUT2D eigenvalue weighted by Crippen LogP contribution is -2.44. The average Bonchev–Trinajstić information content (AvgIpc) is 3.23. The highest BCUT2D eigenvalue weighted by atomic mass is 19.1. The van der Waals surface area contributed by atoms with Crippen molar-refractivity contribution in [3.63, 3.8) is 0 Å². The summed E-state index contributed by atoms with van der Waals surface area (Å²) in [5.74, 6) is -0.609. The van der Waals surface area contributed by atoms with Gasteiger partial charge in [-0.1, -0.05) is 5.21 Å². The van der Waals surface area contributed by atoms with Crippen LogP contribution < -0.4 is 16.2 Å². The van der Waals surface area contributed by atoms with Gasteiger partial charge in [0, 0.05) is 12.6 Å². The van der Waals surface area contributed by atoms with Gasteiger partial charge in [0.25, 0.3) is 5.91 Å². The van der Waals surface area contributed by atoms with Crippen LogP contribution in [-0.4, -0.2) is 37.1 Å². The molecule has 2 heterocycles. The number of amides is 3. The Morgan fingerprint density at radius 3 is 2.64 bits per heavy atom. The SMILES string of the molecule is Cn1nncc1NC(=O)NNC(=O)c1cc(-c2ccc(F)cc2)n[nH]1. The summed E-state index contributed by atoms with van der Waals surface area (Å²) < 4.78 is 14.3. The van der Waals surface area contributed by atoms with Crippen LogP contribution in [0.5, 0.6) is 0 Å². The molecule has 3 aromatic rings. The molecule has 0 saturated heterocycles. The maximum Gasteiger partial charge on any atom is 0.339 e. The first-order chi connectivity index (χ1) is 12.0. The molecule has 4 N–H and O–H groups in total. The Hall–Kier alpha value is -3.76. The average molecular weight is 344 g/mol. The summed E-state index contributed by atoms with van der Waals surface area (Å²) in [5, 5.41) is 16.2. The third kappa shape index (κ3) is 3.77. The number of rotatable bonds is 3. The lowest BCUT2D eigenvalue weighted by atomic mass is 10.1. The maximum absolute atomic E-state index is 12.9. The van der Waals surface area contributed by atoms with E-state index < -0.39 is 11.9 Å². The molecular weight excluding hydrogens is 331 g/mol.